The molecule has 1 amide bonds. The first kappa shape index (κ1) is 22.0. The lowest BCUT2D eigenvalue weighted by atomic mass is 10.1. The molecule has 0 aliphatic carbocycles. The molecule has 10 heteroatoms. The van der Waals surface area contributed by atoms with Crippen molar-refractivity contribution >= 4 is 43.2 Å². The molecule has 1 saturated heterocycles. The van der Waals surface area contributed by atoms with Crippen LogP contribution in [0.2, 0.25) is 0 Å². The van der Waals surface area contributed by atoms with Crippen LogP contribution in [0.25, 0.3) is 10.2 Å². The van der Waals surface area contributed by atoms with Gasteiger partial charge in [0.1, 0.15) is 0 Å². The van der Waals surface area contributed by atoms with Crippen LogP contribution in [0.4, 0.5) is 5.69 Å². The average Bonchev–Trinajstić information content (AvgIpc) is 3.12. The summed E-state index contributed by atoms with van der Waals surface area (Å²) in [6.07, 6.45) is 3.41. The van der Waals surface area contributed by atoms with Gasteiger partial charge in [-0.05, 0) is 55.7 Å². The highest BCUT2D eigenvalue weighted by atomic mass is 32.2. The third-order valence-corrected chi connectivity index (χ3v) is 7.77. The Morgan fingerprint density at radius 1 is 1.12 bits per heavy atom. The molecule has 3 aromatic rings. The van der Waals surface area contributed by atoms with Crippen LogP contribution in [0.5, 0.6) is 0 Å². The minimum atomic E-state index is -3.90. The van der Waals surface area contributed by atoms with Crippen LogP contribution in [0, 0.1) is 11.3 Å². The molecule has 4 rings (SSSR count). The normalized spacial score (nSPS) is 14.3. The van der Waals surface area contributed by atoms with Crippen LogP contribution in [0.1, 0.15) is 31.2 Å². The molecule has 0 spiro atoms. The van der Waals surface area contributed by atoms with Gasteiger partial charge in [-0.2, -0.15) is 5.26 Å². The van der Waals surface area contributed by atoms with E-state index in [1.54, 1.807) is 24.3 Å². The summed E-state index contributed by atoms with van der Waals surface area (Å²) < 4.78 is 30.1. The lowest BCUT2D eigenvalue weighted by Crippen LogP contribution is -2.36. The van der Waals surface area contributed by atoms with E-state index in [2.05, 4.69) is 4.72 Å². The van der Waals surface area contributed by atoms with Gasteiger partial charge in [0.05, 0.1) is 32.4 Å². The third-order valence-electron chi connectivity index (χ3n) is 5.45. The number of piperidine rings is 1. The number of likely N-dealkylation sites (tertiary alicyclic amines) is 1. The van der Waals surface area contributed by atoms with Crippen LogP contribution < -0.4 is 9.60 Å². The molecule has 0 atom stereocenters. The third kappa shape index (κ3) is 4.69. The number of fused-ring (bicyclic) bond motifs is 1. The number of hydrogen-bond donors (Lipinski definition) is 1. The van der Waals surface area contributed by atoms with E-state index in [1.807, 2.05) is 11.0 Å². The molecule has 32 heavy (non-hydrogen) atoms. The summed E-state index contributed by atoms with van der Waals surface area (Å²) in [4.78, 5) is 26.6. The predicted molar refractivity (Wildman–Crippen MR) is 123 cm³/mol. The van der Waals surface area contributed by atoms with Gasteiger partial charge in [-0.25, -0.2) is 8.42 Å². The van der Waals surface area contributed by atoms with Gasteiger partial charge in [0.2, 0.25) is 5.91 Å². The fourth-order valence-corrected chi connectivity index (χ4v) is 5.91. The number of anilines is 1. The SMILES string of the molecule is N#Cc1cccc(NS(=O)(=O)c2ccc3c(c2)sc(=O)n3CCC(=O)N2CCCCC2)c1. The summed E-state index contributed by atoms with van der Waals surface area (Å²) >= 11 is 0.956. The van der Waals surface area contributed by atoms with Crippen molar-refractivity contribution in [1.82, 2.24) is 9.47 Å². The summed E-state index contributed by atoms with van der Waals surface area (Å²) in [5.74, 6) is 0.0407. The van der Waals surface area contributed by atoms with Crippen LogP contribution in [0.15, 0.2) is 52.2 Å². The number of nitrogens with one attached hydrogen (secondary N) is 1. The number of hydrogen-bond acceptors (Lipinski definition) is 6. The number of aryl methyl sites for hydroxylation is 1. The number of carbonyl (C=O) groups is 1. The molecule has 1 aliphatic rings. The second-order valence-corrected chi connectivity index (χ2v) is 10.3. The summed E-state index contributed by atoms with van der Waals surface area (Å²) in [5.41, 5.74) is 1.23. The number of benzene rings is 2. The molecule has 2 heterocycles. The van der Waals surface area contributed by atoms with Gasteiger partial charge in [-0.3, -0.25) is 18.9 Å². The Hall–Kier alpha value is -3.16. The van der Waals surface area contributed by atoms with E-state index >= 15 is 0 Å². The van der Waals surface area contributed by atoms with Crippen molar-refractivity contribution in [3.8, 4) is 6.07 Å². The number of sulfonamides is 1. The maximum atomic E-state index is 12.8. The molecule has 0 saturated carbocycles. The zero-order chi connectivity index (χ0) is 22.7. The highest BCUT2D eigenvalue weighted by Gasteiger charge is 2.19. The minimum Gasteiger partial charge on any atom is -0.343 e. The Bertz CT molecular complexity index is 1360. The fraction of sp³-hybridized carbons (Fsp3) is 0.318. The first-order valence-corrected chi connectivity index (χ1v) is 12.6. The Morgan fingerprint density at radius 3 is 2.66 bits per heavy atom. The Labute approximate surface area is 189 Å². The summed E-state index contributed by atoms with van der Waals surface area (Å²) in [7, 11) is -3.90. The number of aromatic nitrogens is 1. The number of thiazole rings is 1. The van der Waals surface area contributed by atoms with E-state index in [4.69, 9.17) is 5.26 Å². The number of nitriles is 1. The highest BCUT2D eigenvalue weighted by molar-refractivity contribution is 7.92. The Kier molecular flexibility index (Phi) is 6.30. The Morgan fingerprint density at radius 2 is 1.91 bits per heavy atom. The molecule has 166 valence electrons. The predicted octanol–water partition coefficient (Wildman–Crippen LogP) is 3.14. The van der Waals surface area contributed by atoms with E-state index in [0.717, 1.165) is 43.7 Å². The van der Waals surface area contributed by atoms with Crippen molar-refractivity contribution in [2.24, 2.45) is 0 Å². The highest BCUT2D eigenvalue weighted by Crippen LogP contribution is 2.24. The Balaban J connectivity index is 1.54. The van der Waals surface area contributed by atoms with E-state index in [1.165, 1.54) is 22.8 Å². The zero-order valence-electron chi connectivity index (χ0n) is 17.3. The molecule has 0 unspecified atom stereocenters. The van der Waals surface area contributed by atoms with Crippen LogP contribution in [-0.4, -0.2) is 36.9 Å². The van der Waals surface area contributed by atoms with Crippen molar-refractivity contribution in [3.63, 3.8) is 0 Å². The number of rotatable bonds is 6. The largest absolute Gasteiger partial charge is 0.343 e. The molecule has 0 bridgehead atoms. The van der Waals surface area contributed by atoms with Crippen molar-refractivity contribution in [2.75, 3.05) is 17.8 Å². The monoisotopic (exact) mass is 470 g/mol. The molecule has 8 nitrogen and oxygen atoms in total. The maximum absolute atomic E-state index is 12.8. The fourth-order valence-electron chi connectivity index (χ4n) is 3.80. The van der Waals surface area contributed by atoms with Gasteiger partial charge in [-0.15, -0.1) is 0 Å². The van der Waals surface area contributed by atoms with E-state index in [9.17, 15) is 18.0 Å². The quantitative estimate of drug-likeness (QED) is 0.595. The van der Waals surface area contributed by atoms with Gasteiger partial charge in [0, 0.05) is 26.1 Å². The lowest BCUT2D eigenvalue weighted by Gasteiger charge is -2.26. The van der Waals surface area contributed by atoms with Crippen molar-refractivity contribution < 1.29 is 13.2 Å². The van der Waals surface area contributed by atoms with Crippen LogP contribution in [-0.2, 0) is 21.4 Å². The second-order valence-electron chi connectivity index (χ2n) is 7.64. The molecule has 1 aliphatic heterocycles. The molecule has 2 aromatic carbocycles. The second kappa shape index (κ2) is 9.14. The van der Waals surface area contributed by atoms with Gasteiger partial charge in [0.15, 0.2) is 0 Å². The molecule has 1 aromatic heterocycles. The summed E-state index contributed by atoms with van der Waals surface area (Å²) in [5, 5.41) is 8.99. The first-order chi connectivity index (χ1) is 15.4. The van der Waals surface area contributed by atoms with E-state index in [0.29, 0.717) is 15.8 Å². The standard InChI is InChI=1S/C22H22N4O4S2/c23-15-16-5-4-6-17(13-16)24-32(29,30)18-7-8-19-20(14-18)31-22(28)26(19)12-9-21(27)25-10-2-1-3-11-25/h4-8,13-14,24H,1-3,9-12H2. The lowest BCUT2D eigenvalue weighted by molar-refractivity contribution is -0.132. The molecule has 1 N–H and O–H groups in total. The van der Waals surface area contributed by atoms with Gasteiger partial charge < -0.3 is 4.90 Å². The van der Waals surface area contributed by atoms with Gasteiger partial charge in [-0.1, -0.05) is 17.4 Å². The number of nitrogens with zero attached hydrogens (tertiary/aromatic N) is 3. The summed E-state index contributed by atoms with van der Waals surface area (Å²) in [6, 6.07) is 12.6. The molecule has 0 radical (unpaired) electrons. The first-order valence-electron chi connectivity index (χ1n) is 10.3. The molecule has 1 fully saturated rings. The van der Waals surface area contributed by atoms with Crippen LogP contribution >= 0.6 is 11.3 Å². The van der Waals surface area contributed by atoms with Gasteiger partial charge in [0.25, 0.3) is 10.0 Å². The minimum absolute atomic E-state index is 0.0187. The topological polar surface area (TPSA) is 112 Å². The average molecular weight is 471 g/mol. The van der Waals surface area contributed by atoms with E-state index < -0.39 is 10.0 Å². The number of carbonyl (C=O) groups excluding carboxylic acids is 1. The molecular weight excluding hydrogens is 448 g/mol. The van der Waals surface area contributed by atoms with Crippen molar-refractivity contribution in [2.45, 2.75) is 37.1 Å². The van der Waals surface area contributed by atoms with Gasteiger partial charge >= 0.3 is 4.87 Å². The maximum Gasteiger partial charge on any atom is 0.308 e. The van der Waals surface area contributed by atoms with E-state index in [-0.39, 0.29) is 34.3 Å². The number of amides is 1. The van der Waals surface area contributed by atoms with Crippen molar-refractivity contribution in [3.05, 3.63) is 57.7 Å². The zero-order valence-corrected chi connectivity index (χ0v) is 18.9. The smallest absolute Gasteiger partial charge is 0.308 e. The summed E-state index contributed by atoms with van der Waals surface area (Å²) in [6.45, 7) is 1.80. The van der Waals surface area contributed by atoms with Crippen LogP contribution in [0.3, 0.4) is 0 Å². The van der Waals surface area contributed by atoms with Crippen molar-refractivity contribution in [1.29, 1.82) is 5.26 Å². The molecular formula is C22H22N4O4S2.